The molecule has 2 heterocycles. The molecule has 2 aromatic heterocycles. The highest BCUT2D eigenvalue weighted by molar-refractivity contribution is 7.92. The Hall–Kier alpha value is -2.35. The maximum atomic E-state index is 12.6. The molecule has 0 atom stereocenters. The predicted molar refractivity (Wildman–Crippen MR) is 89.5 cm³/mol. The Morgan fingerprint density at radius 3 is 2.71 bits per heavy atom. The maximum Gasteiger partial charge on any atom is 0.267 e. The van der Waals surface area contributed by atoms with Gasteiger partial charge in [-0.05, 0) is 44.9 Å². The summed E-state index contributed by atoms with van der Waals surface area (Å²) in [6, 6.07) is 5.29. The van der Waals surface area contributed by atoms with Crippen LogP contribution < -0.4 is 4.72 Å². The summed E-state index contributed by atoms with van der Waals surface area (Å²) in [5.41, 5.74) is 2.49. The molecular formula is C16H18N4O3S. The Balaban J connectivity index is 1.66. The van der Waals surface area contributed by atoms with Crippen LogP contribution in [0.1, 0.15) is 42.5 Å². The van der Waals surface area contributed by atoms with Crippen LogP contribution in [0.25, 0.3) is 11.0 Å². The molecule has 7 nitrogen and oxygen atoms in total. The smallest absolute Gasteiger partial charge is 0.267 e. The summed E-state index contributed by atoms with van der Waals surface area (Å²) in [7, 11) is -3.74. The highest BCUT2D eigenvalue weighted by Crippen LogP contribution is 2.35. The first-order valence-electron chi connectivity index (χ1n) is 7.89. The molecule has 0 bridgehead atoms. The number of hydrogen-bond donors (Lipinski definition) is 2. The molecule has 3 aromatic rings. The monoisotopic (exact) mass is 346 g/mol. The van der Waals surface area contributed by atoms with Crippen molar-refractivity contribution in [3.05, 3.63) is 35.5 Å². The van der Waals surface area contributed by atoms with Gasteiger partial charge in [-0.1, -0.05) is 11.6 Å². The Morgan fingerprint density at radius 2 is 2.08 bits per heavy atom. The van der Waals surface area contributed by atoms with Crippen molar-refractivity contribution in [2.75, 3.05) is 4.72 Å². The topological polar surface area (TPSA) is 101 Å². The van der Waals surface area contributed by atoms with Crippen LogP contribution in [0.15, 0.2) is 27.6 Å². The summed E-state index contributed by atoms with van der Waals surface area (Å²) in [5.74, 6) is 1.76. The number of rotatable bonds is 4. The van der Waals surface area contributed by atoms with E-state index in [0.29, 0.717) is 17.3 Å². The van der Waals surface area contributed by atoms with Gasteiger partial charge in [-0.25, -0.2) is 13.4 Å². The van der Waals surface area contributed by atoms with Crippen LogP contribution in [-0.2, 0) is 10.0 Å². The van der Waals surface area contributed by atoms with Gasteiger partial charge in [-0.15, -0.1) is 0 Å². The van der Waals surface area contributed by atoms with Gasteiger partial charge in [0.15, 0.2) is 10.7 Å². The number of fused-ring (bicyclic) bond motifs is 1. The molecule has 126 valence electrons. The van der Waals surface area contributed by atoms with Crippen molar-refractivity contribution >= 4 is 26.7 Å². The van der Waals surface area contributed by atoms with Crippen molar-refractivity contribution in [1.29, 1.82) is 0 Å². The zero-order valence-electron chi connectivity index (χ0n) is 13.5. The van der Waals surface area contributed by atoms with E-state index in [1.165, 1.54) is 6.42 Å². The number of aryl methyl sites for hydroxylation is 2. The number of sulfonamides is 1. The normalized spacial score (nSPS) is 15.6. The number of nitrogens with zero attached hydrogens (tertiary/aromatic N) is 2. The third-order valence-electron chi connectivity index (χ3n) is 4.48. The lowest BCUT2D eigenvalue weighted by molar-refractivity contribution is 0.390. The summed E-state index contributed by atoms with van der Waals surface area (Å²) in [6.07, 6.45) is 3.56. The third-order valence-corrected chi connectivity index (χ3v) is 6.11. The highest BCUT2D eigenvalue weighted by atomic mass is 32.2. The minimum absolute atomic E-state index is 0.0855. The van der Waals surface area contributed by atoms with Gasteiger partial charge in [0, 0.05) is 5.92 Å². The van der Waals surface area contributed by atoms with E-state index in [4.69, 9.17) is 4.52 Å². The van der Waals surface area contributed by atoms with Crippen molar-refractivity contribution in [3.63, 3.8) is 0 Å². The van der Waals surface area contributed by atoms with E-state index in [1.54, 1.807) is 26.0 Å². The predicted octanol–water partition coefficient (Wildman–Crippen LogP) is 3.24. The summed E-state index contributed by atoms with van der Waals surface area (Å²) in [6.45, 7) is 3.19. The van der Waals surface area contributed by atoms with Crippen LogP contribution in [0.4, 0.5) is 5.69 Å². The molecule has 0 unspecified atom stereocenters. The number of aromatic amines is 1. The fourth-order valence-corrected chi connectivity index (χ4v) is 4.41. The SMILES string of the molecule is Cc1noc(C)c1S(=O)(=O)Nc1ccc2nc(C3CCC3)[nH]c2c1. The molecule has 0 saturated heterocycles. The minimum Gasteiger partial charge on any atom is -0.360 e. The van der Waals surface area contributed by atoms with Crippen molar-refractivity contribution in [2.24, 2.45) is 0 Å². The first kappa shape index (κ1) is 15.2. The second-order valence-corrected chi connectivity index (χ2v) is 7.86. The van der Waals surface area contributed by atoms with Crippen LogP contribution in [0.2, 0.25) is 0 Å². The Kier molecular flexibility index (Phi) is 3.38. The molecular weight excluding hydrogens is 328 g/mol. The van der Waals surface area contributed by atoms with Crippen molar-refractivity contribution in [1.82, 2.24) is 15.1 Å². The minimum atomic E-state index is -3.74. The zero-order valence-corrected chi connectivity index (χ0v) is 14.3. The second-order valence-electron chi connectivity index (χ2n) is 6.24. The van der Waals surface area contributed by atoms with Gasteiger partial charge in [0.2, 0.25) is 0 Å². The zero-order chi connectivity index (χ0) is 16.9. The van der Waals surface area contributed by atoms with Gasteiger partial charge in [-0.2, -0.15) is 0 Å². The number of anilines is 1. The molecule has 4 rings (SSSR count). The Bertz CT molecular complexity index is 996. The first-order chi connectivity index (χ1) is 11.4. The molecule has 24 heavy (non-hydrogen) atoms. The molecule has 1 aliphatic rings. The average Bonchev–Trinajstić information content (AvgIpc) is 2.99. The number of aromatic nitrogens is 3. The van der Waals surface area contributed by atoms with Crippen LogP contribution in [-0.4, -0.2) is 23.5 Å². The second kappa shape index (κ2) is 5.34. The number of H-pyrrole nitrogens is 1. The van der Waals surface area contributed by atoms with E-state index in [-0.39, 0.29) is 10.7 Å². The van der Waals surface area contributed by atoms with E-state index in [1.807, 2.05) is 6.07 Å². The lowest BCUT2D eigenvalue weighted by Crippen LogP contribution is -2.14. The van der Waals surface area contributed by atoms with Gasteiger partial charge >= 0.3 is 0 Å². The molecule has 0 amide bonds. The van der Waals surface area contributed by atoms with Crippen LogP contribution in [0.3, 0.4) is 0 Å². The van der Waals surface area contributed by atoms with Crippen molar-refractivity contribution < 1.29 is 12.9 Å². The Labute approximate surface area is 139 Å². The van der Waals surface area contributed by atoms with Gasteiger partial charge in [-0.3, -0.25) is 4.72 Å². The third kappa shape index (κ3) is 2.47. The van der Waals surface area contributed by atoms with Gasteiger partial charge in [0.1, 0.15) is 11.5 Å². The first-order valence-corrected chi connectivity index (χ1v) is 9.38. The quantitative estimate of drug-likeness (QED) is 0.755. The van der Waals surface area contributed by atoms with Crippen LogP contribution in [0, 0.1) is 13.8 Å². The molecule has 1 aromatic carbocycles. The molecule has 2 N–H and O–H groups in total. The molecule has 1 saturated carbocycles. The molecule has 1 aliphatic carbocycles. The lowest BCUT2D eigenvalue weighted by atomic mass is 9.85. The molecule has 8 heteroatoms. The lowest BCUT2D eigenvalue weighted by Gasteiger charge is -2.22. The van der Waals surface area contributed by atoms with Gasteiger partial charge < -0.3 is 9.51 Å². The molecule has 0 aliphatic heterocycles. The summed E-state index contributed by atoms with van der Waals surface area (Å²) in [5, 5.41) is 3.70. The van der Waals surface area contributed by atoms with E-state index in [2.05, 4.69) is 19.8 Å². The van der Waals surface area contributed by atoms with Crippen LogP contribution in [0.5, 0.6) is 0 Å². The van der Waals surface area contributed by atoms with E-state index < -0.39 is 10.0 Å². The van der Waals surface area contributed by atoms with Crippen molar-refractivity contribution in [2.45, 2.75) is 43.9 Å². The maximum absolute atomic E-state index is 12.6. The molecule has 1 fully saturated rings. The summed E-state index contributed by atoms with van der Waals surface area (Å²) >= 11 is 0. The fourth-order valence-electron chi connectivity index (χ4n) is 3.03. The largest absolute Gasteiger partial charge is 0.360 e. The van der Waals surface area contributed by atoms with Crippen LogP contribution >= 0.6 is 0 Å². The summed E-state index contributed by atoms with van der Waals surface area (Å²) < 4.78 is 32.7. The summed E-state index contributed by atoms with van der Waals surface area (Å²) in [4.78, 5) is 7.98. The van der Waals surface area contributed by atoms with E-state index in [9.17, 15) is 8.42 Å². The molecule has 0 spiro atoms. The highest BCUT2D eigenvalue weighted by Gasteiger charge is 2.25. The molecule has 0 radical (unpaired) electrons. The average molecular weight is 346 g/mol. The Morgan fingerprint density at radius 1 is 1.29 bits per heavy atom. The number of benzene rings is 1. The van der Waals surface area contributed by atoms with Crippen molar-refractivity contribution in [3.8, 4) is 0 Å². The fraction of sp³-hybridized carbons (Fsp3) is 0.375. The number of hydrogen-bond acceptors (Lipinski definition) is 5. The van der Waals surface area contributed by atoms with Gasteiger partial charge in [0.05, 0.1) is 16.7 Å². The number of imidazole rings is 1. The number of nitrogens with one attached hydrogen (secondary N) is 2. The van der Waals surface area contributed by atoms with E-state index in [0.717, 1.165) is 29.7 Å². The van der Waals surface area contributed by atoms with Gasteiger partial charge in [0.25, 0.3) is 10.0 Å². The standard InChI is InChI=1S/C16H18N4O3S/c1-9-15(10(2)23-19-9)24(21,22)20-12-6-7-13-14(8-12)18-16(17-13)11-4-3-5-11/h6-8,11,20H,3-5H2,1-2H3,(H,17,18). The van der Waals surface area contributed by atoms with E-state index >= 15 is 0 Å².